The number of alkyl halides is 1. The zero-order valence-corrected chi connectivity index (χ0v) is 8.52. The van der Waals surface area contributed by atoms with E-state index in [0.717, 1.165) is 5.69 Å². The molecule has 0 N–H and O–H groups in total. The van der Waals surface area contributed by atoms with Crippen LogP contribution in [0.1, 0.15) is 11.4 Å². The second-order valence-electron chi connectivity index (χ2n) is 2.88. The summed E-state index contributed by atoms with van der Waals surface area (Å²) in [6.45, 7) is 0. The zero-order chi connectivity index (χ0) is 10.7. The van der Waals surface area contributed by atoms with Gasteiger partial charge in [-0.2, -0.15) is 10.4 Å². The van der Waals surface area contributed by atoms with Gasteiger partial charge in [-0.1, -0.05) is 6.07 Å². The summed E-state index contributed by atoms with van der Waals surface area (Å²) in [6.07, 6.45) is 1.44. The molecule has 0 aliphatic rings. The Balaban J connectivity index is 2.50. The zero-order valence-electron chi connectivity index (χ0n) is 7.76. The van der Waals surface area contributed by atoms with Gasteiger partial charge in [0, 0.05) is 0 Å². The molecule has 2 aromatic rings. The van der Waals surface area contributed by atoms with Crippen LogP contribution in [0.2, 0.25) is 0 Å². The van der Waals surface area contributed by atoms with Gasteiger partial charge in [0.05, 0.1) is 23.2 Å². The van der Waals surface area contributed by atoms with Gasteiger partial charge in [-0.05, 0) is 18.2 Å². The van der Waals surface area contributed by atoms with Crippen molar-refractivity contribution in [2.24, 2.45) is 0 Å². The SMILES string of the molecule is N#Cc1cccc(-n2ncnc2CCl)c1. The molecule has 0 aliphatic carbocycles. The molecule has 0 spiro atoms. The Morgan fingerprint density at radius 3 is 3.07 bits per heavy atom. The summed E-state index contributed by atoms with van der Waals surface area (Å²) in [5.74, 6) is 0.948. The quantitative estimate of drug-likeness (QED) is 0.724. The van der Waals surface area contributed by atoms with Gasteiger partial charge in [0.15, 0.2) is 0 Å². The van der Waals surface area contributed by atoms with Gasteiger partial charge in [-0.25, -0.2) is 9.67 Å². The average Bonchev–Trinajstić information content (AvgIpc) is 2.77. The molecule has 1 heterocycles. The summed E-state index contributed by atoms with van der Waals surface area (Å²) in [4.78, 5) is 4.00. The van der Waals surface area contributed by atoms with Crippen molar-refractivity contribution in [1.29, 1.82) is 5.26 Å². The van der Waals surface area contributed by atoms with Crippen LogP contribution in [0.15, 0.2) is 30.6 Å². The molecule has 5 heteroatoms. The van der Waals surface area contributed by atoms with Crippen LogP contribution >= 0.6 is 11.6 Å². The maximum atomic E-state index is 8.76. The van der Waals surface area contributed by atoms with Crippen LogP contribution in [0.25, 0.3) is 5.69 Å². The third-order valence-corrected chi connectivity index (χ3v) is 2.20. The topological polar surface area (TPSA) is 54.5 Å². The number of halogens is 1. The summed E-state index contributed by atoms with van der Waals surface area (Å²) in [7, 11) is 0. The lowest BCUT2D eigenvalue weighted by Gasteiger charge is -2.03. The average molecular weight is 219 g/mol. The van der Waals surface area contributed by atoms with E-state index in [4.69, 9.17) is 16.9 Å². The molecule has 0 radical (unpaired) electrons. The van der Waals surface area contributed by atoms with Crippen LogP contribution in [0, 0.1) is 11.3 Å². The number of hydrogen-bond acceptors (Lipinski definition) is 3. The molecule has 0 aliphatic heterocycles. The van der Waals surface area contributed by atoms with E-state index < -0.39 is 0 Å². The van der Waals surface area contributed by atoms with E-state index in [1.807, 2.05) is 6.07 Å². The third-order valence-electron chi connectivity index (χ3n) is 1.96. The molecule has 74 valence electrons. The van der Waals surface area contributed by atoms with Gasteiger partial charge in [-0.15, -0.1) is 11.6 Å². The fourth-order valence-electron chi connectivity index (χ4n) is 1.28. The Morgan fingerprint density at radius 2 is 2.33 bits per heavy atom. The number of aromatic nitrogens is 3. The Hall–Kier alpha value is -1.86. The second-order valence-corrected chi connectivity index (χ2v) is 3.15. The highest BCUT2D eigenvalue weighted by atomic mass is 35.5. The van der Waals surface area contributed by atoms with Gasteiger partial charge < -0.3 is 0 Å². The Bertz CT molecular complexity index is 512. The Morgan fingerprint density at radius 1 is 1.47 bits per heavy atom. The van der Waals surface area contributed by atoms with Crippen molar-refractivity contribution in [2.45, 2.75) is 5.88 Å². The number of nitrogens with zero attached hydrogens (tertiary/aromatic N) is 4. The molecule has 0 unspecified atom stereocenters. The normalized spacial score (nSPS) is 9.87. The van der Waals surface area contributed by atoms with E-state index in [9.17, 15) is 0 Å². The molecule has 0 saturated carbocycles. The number of nitriles is 1. The minimum absolute atomic E-state index is 0.288. The maximum absolute atomic E-state index is 8.76. The highest BCUT2D eigenvalue weighted by Gasteiger charge is 2.05. The van der Waals surface area contributed by atoms with Crippen LogP contribution < -0.4 is 0 Å². The van der Waals surface area contributed by atoms with Crippen molar-refractivity contribution in [3.8, 4) is 11.8 Å². The molecular weight excluding hydrogens is 212 g/mol. The molecule has 0 atom stereocenters. The monoisotopic (exact) mass is 218 g/mol. The van der Waals surface area contributed by atoms with Crippen molar-refractivity contribution in [3.05, 3.63) is 42.0 Å². The predicted molar refractivity (Wildman–Crippen MR) is 55.6 cm³/mol. The summed E-state index contributed by atoms with van der Waals surface area (Å²) in [6, 6.07) is 9.20. The summed E-state index contributed by atoms with van der Waals surface area (Å²) < 4.78 is 1.62. The van der Waals surface area contributed by atoms with Crippen molar-refractivity contribution in [1.82, 2.24) is 14.8 Å². The number of hydrogen-bond donors (Lipinski definition) is 0. The first-order valence-corrected chi connectivity index (χ1v) is 4.84. The third kappa shape index (κ3) is 1.83. The van der Waals surface area contributed by atoms with Crippen LogP contribution in [0.4, 0.5) is 0 Å². The van der Waals surface area contributed by atoms with E-state index in [2.05, 4.69) is 16.2 Å². The molecular formula is C10H7ClN4. The van der Waals surface area contributed by atoms with E-state index >= 15 is 0 Å². The summed E-state index contributed by atoms with van der Waals surface area (Å²) in [5, 5.41) is 12.8. The standard InChI is InChI=1S/C10H7ClN4/c11-5-10-13-7-14-15(10)9-3-1-2-8(4-9)6-12/h1-4,7H,5H2. The summed E-state index contributed by atoms with van der Waals surface area (Å²) >= 11 is 5.71. The lowest BCUT2D eigenvalue weighted by Crippen LogP contribution is -2.01. The maximum Gasteiger partial charge on any atom is 0.147 e. The van der Waals surface area contributed by atoms with E-state index in [0.29, 0.717) is 11.4 Å². The predicted octanol–water partition coefficient (Wildman–Crippen LogP) is 1.88. The highest BCUT2D eigenvalue weighted by molar-refractivity contribution is 6.16. The summed E-state index contributed by atoms with van der Waals surface area (Å²) in [5.41, 5.74) is 1.38. The van der Waals surface area contributed by atoms with Gasteiger partial charge >= 0.3 is 0 Å². The van der Waals surface area contributed by atoms with Gasteiger partial charge in [0.25, 0.3) is 0 Å². The lowest BCUT2D eigenvalue weighted by atomic mass is 10.2. The molecule has 1 aromatic carbocycles. The van der Waals surface area contributed by atoms with Crippen LogP contribution in [0.5, 0.6) is 0 Å². The molecule has 1 aromatic heterocycles. The lowest BCUT2D eigenvalue weighted by molar-refractivity contribution is 0.832. The van der Waals surface area contributed by atoms with Crippen molar-refractivity contribution < 1.29 is 0 Å². The molecule has 0 saturated heterocycles. The number of benzene rings is 1. The van der Waals surface area contributed by atoms with Crippen LogP contribution in [-0.2, 0) is 5.88 Å². The van der Waals surface area contributed by atoms with Crippen molar-refractivity contribution in [3.63, 3.8) is 0 Å². The number of rotatable bonds is 2. The molecule has 4 nitrogen and oxygen atoms in total. The molecule has 0 amide bonds. The van der Waals surface area contributed by atoms with Crippen molar-refractivity contribution >= 4 is 11.6 Å². The van der Waals surface area contributed by atoms with E-state index in [-0.39, 0.29) is 5.88 Å². The van der Waals surface area contributed by atoms with Crippen molar-refractivity contribution in [2.75, 3.05) is 0 Å². The molecule has 15 heavy (non-hydrogen) atoms. The van der Waals surface area contributed by atoms with Crippen LogP contribution in [0.3, 0.4) is 0 Å². The van der Waals surface area contributed by atoms with Gasteiger partial charge in [0.2, 0.25) is 0 Å². The van der Waals surface area contributed by atoms with Gasteiger partial charge in [-0.3, -0.25) is 0 Å². The molecule has 2 rings (SSSR count). The second kappa shape index (κ2) is 4.11. The Kier molecular flexibility index (Phi) is 2.66. The molecule has 0 fully saturated rings. The first-order chi connectivity index (χ1) is 7.35. The van der Waals surface area contributed by atoms with E-state index in [1.165, 1.54) is 6.33 Å². The molecule has 0 bridgehead atoms. The fourth-order valence-corrected chi connectivity index (χ4v) is 1.46. The smallest absolute Gasteiger partial charge is 0.147 e. The minimum atomic E-state index is 0.288. The van der Waals surface area contributed by atoms with Gasteiger partial charge in [0.1, 0.15) is 12.2 Å². The minimum Gasteiger partial charge on any atom is -0.218 e. The van der Waals surface area contributed by atoms with E-state index in [1.54, 1.807) is 22.9 Å². The first kappa shape index (κ1) is 9.69. The largest absolute Gasteiger partial charge is 0.218 e. The first-order valence-electron chi connectivity index (χ1n) is 4.30. The Labute approximate surface area is 91.7 Å². The fraction of sp³-hybridized carbons (Fsp3) is 0.100. The van der Waals surface area contributed by atoms with Crippen LogP contribution in [-0.4, -0.2) is 14.8 Å². The highest BCUT2D eigenvalue weighted by Crippen LogP contribution is 2.11.